The van der Waals surface area contributed by atoms with Gasteiger partial charge < -0.3 is 9.84 Å². The van der Waals surface area contributed by atoms with Gasteiger partial charge in [0.05, 0.1) is 6.10 Å². The van der Waals surface area contributed by atoms with Crippen LogP contribution >= 0.6 is 0 Å². The number of hydrogen-bond donors (Lipinski definition) is 1. The molecule has 1 aromatic carbocycles. The van der Waals surface area contributed by atoms with Gasteiger partial charge in [0.2, 0.25) is 0 Å². The molecule has 0 heterocycles. The minimum Gasteiger partial charge on any atom is -0.491 e. The van der Waals surface area contributed by atoms with Gasteiger partial charge in [0.25, 0.3) is 0 Å². The molecule has 1 saturated carbocycles. The molecule has 1 aliphatic rings. The minimum absolute atomic E-state index is 0.324. The van der Waals surface area contributed by atoms with Gasteiger partial charge in [0.15, 0.2) is 0 Å². The fourth-order valence-corrected chi connectivity index (χ4v) is 2.69. The maximum absolute atomic E-state index is 9.97. The molecule has 1 atom stereocenters. The van der Waals surface area contributed by atoms with Crippen molar-refractivity contribution >= 4 is 0 Å². The average Bonchev–Trinajstić information content (AvgIpc) is 2.83. The molecule has 18 heavy (non-hydrogen) atoms. The van der Waals surface area contributed by atoms with Crippen LogP contribution in [0.25, 0.3) is 0 Å². The largest absolute Gasteiger partial charge is 0.491 e. The van der Waals surface area contributed by atoms with E-state index in [0.717, 1.165) is 12.2 Å². The Morgan fingerprint density at radius 3 is 2.61 bits per heavy atom. The number of rotatable bonds is 5. The molecule has 2 nitrogen and oxygen atoms in total. The second-order valence-corrected chi connectivity index (χ2v) is 5.60. The lowest BCUT2D eigenvalue weighted by Crippen LogP contribution is -2.20. The van der Waals surface area contributed by atoms with Gasteiger partial charge in [-0.25, -0.2) is 0 Å². The number of aryl methyl sites for hydroxylation is 2. The molecular weight excluding hydrogens is 224 g/mol. The molecule has 1 fully saturated rings. The van der Waals surface area contributed by atoms with Crippen LogP contribution < -0.4 is 4.74 Å². The molecule has 1 aromatic rings. The van der Waals surface area contributed by atoms with E-state index in [1.807, 2.05) is 12.1 Å². The second-order valence-electron chi connectivity index (χ2n) is 5.60. The Balaban J connectivity index is 1.77. The topological polar surface area (TPSA) is 29.5 Å². The summed E-state index contributed by atoms with van der Waals surface area (Å²) in [4.78, 5) is 0. The molecule has 100 valence electrons. The highest BCUT2D eigenvalue weighted by Crippen LogP contribution is 2.28. The van der Waals surface area contributed by atoms with Crippen molar-refractivity contribution in [2.75, 3.05) is 6.61 Å². The van der Waals surface area contributed by atoms with Crippen LogP contribution in [0.15, 0.2) is 18.2 Å². The lowest BCUT2D eigenvalue weighted by molar-refractivity contribution is 0.0855. The van der Waals surface area contributed by atoms with Crippen LogP contribution in [-0.2, 0) is 0 Å². The predicted octanol–water partition coefficient (Wildman–Crippen LogP) is 3.62. The third kappa shape index (κ3) is 3.74. The Hall–Kier alpha value is -1.02. The number of benzene rings is 1. The maximum Gasteiger partial charge on any atom is 0.119 e. The highest BCUT2D eigenvalue weighted by atomic mass is 16.5. The summed E-state index contributed by atoms with van der Waals surface area (Å²) in [6.07, 6.45) is 5.78. The standard InChI is InChI=1S/C16H24O2/c1-12-7-8-16(9-13(12)2)18-11-15(17)10-14-5-3-4-6-14/h7-9,14-15,17H,3-6,10-11H2,1-2H3. The summed E-state index contributed by atoms with van der Waals surface area (Å²) in [6.45, 7) is 4.59. The van der Waals surface area contributed by atoms with E-state index >= 15 is 0 Å². The first-order valence-electron chi connectivity index (χ1n) is 7.03. The van der Waals surface area contributed by atoms with E-state index in [4.69, 9.17) is 4.74 Å². The quantitative estimate of drug-likeness (QED) is 0.862. The summed E-state index contributed by atoms with van der Waals surface area (Å²) in [7, 11) is 0. The number of hydrogen-bond acceptors (Lipinski definition) is 2. The summed E-state index contributed by atoms with van der Waals surface area (Å²) in [6, 6.07) is 6.08. The minimum atomic E-state index is -0.324. The van der Waals surface area contributed by atoms with E-state index in [1.54, 1.807) is 0 Å². The Kier molecular flexibility index (Phi) is 4.65. The normalized spacial score (nSPS) is 17.9. The monoisotopic (exact) mass is 248 g/mol. The number of aliphatic hydroxyl groups excluding tert-OH is 1. The van der Waals surface area contributed by atoms with Gasteiger partial charge in [-0.05, 0) is 49.4 Å². The summed E-state index contributed by atoms with van der Waals surface area (Å²) in [5.41, 5.74) is 2.51. The van der Waals surface area contributed by atoms with Crippen molar-refractivity contribution in [1.82, 2.24) is 0 Å². The van der Waals surface area contributed by atoms with Gasteiger partial charge in [-0.2, -0.15) is 0 Å². The number of ether oxygens (including phenoxy) is 1. The van der Waals surface area contributed by atoms with Crippen LogP contribution in [0.5, 0.6) is 5.75 Å². The molecule has 1 unspecified atom stereocenters. The number of aliphatic hydroxyl groups is 1. The van der Waals surface area contributed by atoms with Crippen LogP contribution in [0.3, 0.4) is 0 Å². The van der Waals surface area contributed by atoms with Gasteiger partial charge in [0.1, 0.15) is 12.4 Å². The zero-order valence-corrected chi connectivity index (χ0v) is 11.5. The fourth-order valence-electron chi connectivity index (χ4n) is 2.69. The lowest BCUT2D eigenvalue weighted by atomic mass is 10.0. The van der Waals surface area contributed by atoms with Gasteiger partial charge in [-0.3, -0.25) is 0 Å². The zero-order chi connectivity index (χ0) is 13.0. The lowest BCUT2D eigenvalue weighted by Gasteiger charge is -2.16. The molecule has 0 amide bonds. The Morgan fingerprint density at radius 2 is 1.94 bits per heavy atom. The van der Waals surface area contributed by atoms with Crippen molar-refractivity contribution in [2.45, 2.75) is 52.1 Å². The molecule has 0 saturated heterocycles. The van der Waals surface area contributed by atoms with Crippen LogP contribution in [0, 0.1) is 19.8 Å². The highest BCUT2D eigenvalue weighted by molar-refractivity contribution is 5.33. The molecule has 0 aromatic heterocycles. The summed E-state index contributed by atoms with van der Waals surface area (Å²) in [5, 5.41) is 9.97. The third-order valence-corrected chi connectivity index (χ3v) is 4.00. The molecular formula is C16H24O2. The molecule has 0 bridgehead atoms. The van der Waals surface area contributed by atoms with E-state index in [9.17, 15) is 5.11 Å². The zero-order valence-electron chi connectivity index (χ0n) is 11.5. The van der Waals surface area contributed by atoms with E-state index in [-0.39, 0.29) is 6.10 Å². The fraction of sp³-hybridized carbons (Fsp3) is 0.625. The molecule has 2 rings (SSSR count). The van der Waals surface area contributed by atoms with Crippen LogP contribution in [-0.4, -0.2) is 17.8 Å². The van der Waals surface area contributed by atoms with E-state index in [1.165, 1.54) is 36.8 Å². The summed E-state index contributed by atoms with van der Waals surface area (Å²) < 4.78 is 5.66. The summed E-state index contributed by atoms with van der Waals surface area (Å²) >= 11 is 0. The van der Waals surface area contributed by atoms with Crippen molar-refractivity contribution in [1.29, 1.82) is 0 Å². The van der Waals surface area contributed by atoms with Crippen molar-refractivity contribution < 1.29 is 9.84 Å². The molecule has 1 N–H and O–H groups in total. The maximum atomic E-state index is 9.97. The van der Waals surface area contributed by atoms with Gasteiger partial charge >= 0.3 is 0 Å². The smallest absolute Gasteiger partial charge is 0.119 e. The Morgan fingerprint density at radius 1 is 1.22 bits per heavy atom. The molecule has 0 aliphatic heterocycles. The summed E-state index contributed by atoms with van der Waals surface area (Å²) in [5.74, 6) is 1.58. The van der Waals surface area contributed by atoms with Crippen LogP contribution in [0.4, 0.5) is 0 Å². The van der Waals surface area contributed by atoms with Crippen molar-refractivity contribution in [3.8, 4) is 5.75 Å². The van der Waals surface area contributed by atoms with Crippen molar-refractivity contribution in [2.24, 2.45) is 5.92 Å². The SMILES string of the molecule is Cc1ccc(OCC(O)CC2CCCC2)cc1C. The van der Waals surface area contributed by atoms with E-state index in [2.05, 4.69) is 19.9 Å². The average molecular weight is 248 g/mol. The molecule has 2 heteroatoms. The van der Waals surface area contributed by atoms with Crippen LogP contribution in [0.1, 0.15) is 43.2 Å². The van der Waals surface area contributed by atoms with Gasteiger partial charge in [0, 0.05) is 0 Å². The Bertz CT molecular complexity index is 381. The Labute approximate surface area is 110 Å². The third-order valence-electron chi connectivity index (χ3n) is 4.00. The first-order chi connectivity index (χ1) is 8.65. The molecule has 0 radical (unpaired) electrons. The van der Waals surface area contributed by atoms with Crippen LogP contribution in [0.2, 0.25) is 0 Å². The highest BCUT2D eigenvalue weighted by Gasteiger charge is 2.19. The van der Waals surface area contributed by atoms with E-state index in [0.29, 0.717) is 12.5 Å². The van der Waals surface area contributed by atoms with Crippen molar-refractivity contribution in [3.05, 3.63) is 29.3 Å². The van der Waals surface area contributed by atoms with Crippen molar-refractivity contribution in [3.63, 3.8) is 0 Å². The van der Waals surface area contributed by atoms with Gasteiger partial charge in [-0.1, -0.05) is 31.7 Å². The second kappa shape index (κ2) is 6.24. The first kappa shape index (κ1) is 13.4. The molecule has 0 spiro atoms. The van der Waals surface area contributed by atoms with E-state index < -0.39 is 0 Å². The predicted molar refractivity (Wildman–Crippen MR) is 74.0 cm³/mol. The molecule has 1 aliphatic carbocycles. The van der Waals surface area contributed by atoms with Gasteiger partial charge in [-0.15, -0.1) is 0 Å². The first-order valence-corrected chi connectivity index (χ1v) is 7.03.